The van der Waals surface area contributed by atoms with Crippen LogP contribution in [0.15, 0.2) is 9.59 Å². The molecule has 0 radical (unpaired) electrons. The van der Waals surface area contributed by atoms with E-state index in [1.807, 2.05) is 13.8 Å². The maximum absolute atomic E-state index is 12.0. The largest absolute Gasteiger partial charge is 0.391 e. The number of aliphatic hydroxyl groups is 1. The molecular formula is C12H19N5O3. The van der Waals surface area contributed by atoms with E-state index in [9.17, 15) is 14.7 Å². The fourth-order valence-corrected chi connectivity index (χ4v) is 1.85. The zero-order valence-electron chi connectivity index (χ0n) is 12.0. The minimum atomic E-state index is -0.519. The number of hydrogen-bond acceptors (Lipinski definition) is 5. The Morgan fingerprint density at radius 3 is 2.55 bits per heavy atom. The summed E-state index contributed by atoms with van der Waals surface area (Å²) in [5.74, 6) is 0.474. The molecule has 0 aliphatic rings. The van der Waals surface area contributed by atoms with Gasteiger partial charge in [0.05, 0.1) is 6.10 Å². The number of aryl methyl sites for hydroxylation is 1. The van der Waals surface area contributed by atoms with Gasteiger partial charge in [0.25, 0.3) is 5.56 Å². The lowest BCUT2D eigenvalue weighted by atomic mass is 10.1. The van der Waals surface area contributed by atoms with Crippen LogP contribution in [0.1, 0.15) is 13.8 Å². The number of aliphatic hydroxyl groups excluding tert-OH is 1. The van der Waals surface area contributed by atoms with E-state index in [2.05, 4.69) is 15.3 Å². The lowest BCUT2D eigenvalue weighted by Gasteiger charge is -2.14. The number of hydrogen-bond donors (Lipinski definition) is 3. The van der Waals surface area contributed by atoms with Crippen molar-refractivity contribution < 1.29 is 5.11 Å². The maximum Gasteiger partial charge on any atom is 0.332 e. The van der Waals surface area contributed by atoms with Gasteiger partial charge in [0, 0.05) is 20.6 Å². The van der Waals surface area contributed by atoms with Crippen molar-refractivity contribution in [1.29, 1.82) is 0 Å². The summed E-state index contributed by atoms with van der Waals surface area (Å²) in [6.45, 7) is 4.13. The predicted molar refractivity (Wildman–Crippen MR) is 75.9 cm³/mol. The Kier molecular flexibility index (Phi) is 3.67. The van der Waals surface area contributed by atoms with E-state index >= 15 is 0 Å². The molecule has 0 saturated carbocycles. The van der Waals surface area contributed by atoms with Gasteiger partial charge in [-0.15, -0.1) is 0 Å². The summed E-state index contributed by atoms with van der Waals surface area (Å²) >= 11 is 0. The molecule has 110 valence electrons. The van der Waals surface area contributed by atoms with Gasteiger partial charge in [0.1, 0.15) is 0 Å². The number of fused-ring (bicyclic) bond motifs is 1. The molecule has 2 aromatic rings. The summed E-state index contributed by atoms with van der Waals surface area (Å²) in [5.41, 5.74) is -0.299. The molecular weight excluding hydrogens is 262 g/mol. The van der Waals surface area contributed by atoms with E-state index in [4.69, 9.17) is 0 Å². The van der Waals surface area contributed by atoms with Crippen molar-refractivity contribution in [2.45, 2.75) is 20.0 Å². The average Bonchev–Trinajstić information content (AvgIpc) is 2.84. The second kappa shape index (κ2) is 5.12. The van der Waals surface area contributed by atoms with Crippen molar-refractivity contribution in [3.05, 3.63) is 20.8 Å². The van der Waals surface area contributed by atoms with Gasteiger partial charge in [-0.3, -0.25) is 13.9 Å². The Labute approximate surface area is 115 Å². The molecule has 2 heterocycles. The highest BCUT2D eigenvalue weighted by atomic mass is 16.3. The number of nitrogens with one attached hydrogen (secondary N) is 2. The van der Waals surface area contributed by atoms with Gasteiger partial charge in [-0.25, -0.2) is 4.79 Å². The van der Waals surface area contributed by atoms with Crippen molar-refractivity contribution in [2.75, 3.05) is 11.9 Å². The molecule has 1 unspecified atom stereocenters. The monoisotopic (exact) mass is 281 g/mol. The van der Waals surface area contributed by atoms with Crippen molar-refractivity contribution in [2.24, 2.45) is 20.0 Å². The van der Waals surface area contributed by atoms with Crippen LogP contribution in [-0.2, 0) is 14.1 Å². The number of rotatable bonds is 4. The molecule has 0 saturated heterocycles. The summed E-state index contributed by atoms with van der Waals surface area (Å²) in [4.78, 5) is 30.8. The first-order valence-corrected chi connectivity index (χ1v) is 6.40. The van der Waals surface area contributed by atoms with Crippen molar-refractivity contribution in [3.63, 3.8) is 0 Å². The second-order valence-electron chi connectivity index (χ2n) is 5.18. The molecule has 8 nitrogen and oxygen atoms in total. The van der Waals surface area contributed by atoms with Crippen LogP contribution < -0.4 is 16.6 Å². The SMILES string of the molecule is CC(C)C(O)CNc1nc2c([nH]1)c(=O)n(C)c(=O)n2C. The van der Waals surface area contributed by atoms with Crippen LogP contribution in [-0.4, -0.2) is 36.9 Å². The molecule has 0 aromatic carbocycles. The molecule has 0 fully saturated rings. The zero-order chi connectivity index (χ0) is 15.0. The van der Waals surface area contributed by atoms with Gasteiger partial charge in [0.15, 0.2) is 11.2 Å². The van der Waals surface area contributed by atoms with E-state index < -0.39 is 17.4 Å². The summed E-state index contributed by atoms with van der Waals surface area (Å²) < 4.78 is 2.32. The third kappa shape index (κ3) is 2.34. The van der Waals surface area contributed by atoms with E-state index in [1.165, 1.54) is 11.6 Å². The fraction of sp³-hybridized carbons (Fsp3) is 0.583. The average molecular weight is 281 g/mol. The minimum Gasteiger partial charge on any atom is -0.391 e. The van der Waals surface area contributed by atoms with Gasteiger partial charge in [-0.1, -0.05) is 13.8 Å². The lowest BCUT2D eigenvalue weighted by molar-refractivity contribution is 0.137. The van der Waals surface area contributed by atoms with E-state index in [-0.39, 0.29) is 11.4 Å². The molecule has 0 bridgehead atoms. The number of aromatic nitrogens is 4. The Morgan fingerprint density at radius 2 is 1.95 bits per heavy atom. The predicted octanol–water partition coefficient (Wildman–Crippen LogP) is -0.611. The Balaban J connectivity index is 2.40. The van der Waals surface area contributed by atoms with Crippen molar-refractivity contribution in [3.8, 4) is 0 Å². The van der Waals surface area contributed by atoms with Crippen LogP contribution in [0.25, 0.3) is 11.2 Å². The minimum absolute atomic E-state index is 0.115. The van der Waals surface area contributed by atoms with Crippen molar-refractivity contribution in [1.82, 2.24) is 19.1 Å². The Morgan fingerprint density at radius 1 is 1.30 bits per heavy atom. The summed E-state index contributed by atoms with van der Waals surface area (Å²) in [6.07, 6.45) is -0.519. The van der Waals surface area contributed by atoms with Gasteiger partial charge in [0.2, 0.25) is 5.95 Å². The topological polar surface area (TPSA) is 105 Å². The first kappa shape index (κ1) is 14.3. The number of H-pyrrole nitrogens is 1. The highest BCUT2D eigenvalue weighted by molar-refractivity contribution is 5.72. The molecule has 0 aliphatic carbocycles. The highest BCUT2D eigenvalue weighted by Crippen LogP contribution is 2.09. The van der Waals surface area contributed by atoms with E-state index in [0.717, 1.165) is 4.57 Å². The zero-order valence-corrected chi connectivity index (χ0v) is 12.0. The fourth-order valence-electron chi connectivity index (χ4n) is 1.85. The molecule has 3 N–H and O–H groups in total. The molecule has 0 amide bonds. The summed E-state index contributed by atoms with van der Waals surface area (Å²) in [7, 11) is 2.97. The van der Waals surface area contributed by atoms with Gasteiger partial charge < -0.3 is 15.4 Å². The smallest absolute Gasteiger partial charge is 0.332 e. The van der Waals surface area contributed by atoms with E-state index in [1.54, 1.807) is 7.05 Å². The quantitative estimate of drug-likeness (QED) is 0.693. The van der Waals surface area contributed by atoms with Crippen LogP contribution in [0.4, 0.5) is 5.95 Å². The standard InChI is InChI=1S/C12H19N5O3/c1-6(2)7(18)5-13-11-14-8-9(15-11)16(3)12(20)17(4)10(8)19/h6-7,18H,5H2,1-4H3,(H2,13,14,15). The van der Waals surface area contributed by atoms with Crippen LogP contribution in [0.5, 0.6) is 0 Å². The van der Waals surface area contributed by atoms with Gasteiger partial charge in [-0.2, -0.15) is 4.98 Å². The van der Waals surface area contributed by atoms with Crippen LogP contribution >= 0.6 is 0 Å². The van der Waals surface area contributed by atoms with Crippen LogP contribution in [0, 0.1) is 5.92 Å². The van der Waals surface area contributed by atoms with Crippen LogP contribution in [0.2, 0.25) is 0 Å². The second-order valence-corrected chi connectivity index (χ2v) is 5.18. The molecule has 1 atom stereocenters. The molecule has 2 rings (SSSR count). The Hall–Kier alpha value is -2.09. The highest BCUT2D eigenvalue weighted by Gasteiger charge is 2.14. The van der Waals surface area contributed by atoms with Gasteiger partial charge >= 0.3 is 5.69 Å². The molecule has 0 spiro atoms. The van der Waals surface area contributed by atoms with Crippen molar-refractivity contribution >= 4 is 17.1 Å². The number of anilines is 1. The first-order valence-electron chi connectivity index (χ1n) is 6.40. The molecule has 20 heavy (non-hydrogen) atoms. The normalized spacial score (nSPS) is 13.1. The first-order chi connectivity index (χ1) is 9.32. The third-order valence-electron chi connectivity index (χ3n) is 3.34. The Bertz CT molecular complexity index is 740. The van der Waals surface area contributed by atoms with Gasteiger partial charge in [-0.05, 0) is 5.92 Å². The number of imidazole rings is 1. The molecule has 0 aliphatic heterocycles. The molecule has 2 aromatic heterocycles. The molecule has 8 heteroatoms. The summed E-state index contributed by atoms with van der Waals surface area (Å²) in [5, 5.41) is 12.7. The summed E-state index contributed by atoms with van der Waals surface area (Å²) in [6, 6.07) is 0. The lowest BCUT2D eigenvalue weighted by Crippen LogP contribution is -2.36. The number of nitrogens with zero attached hydrogens (tertiary/aromatic N) is 3. The van der Waals surface area contributed by atoms with Crippen LogP contribution in [0.3, 0.4) is 0 Å². The third-order valence-corrected chi connectivity index (χ3v) is 3.34. The maximum atomic E-state index is 12.0. The number of aromatic amines is 1. The van der Waals surface area contributed by atoms with E-state index in [0.29, 0.717) is 18.1 Å².